The Kier molecular flexibility index (Phi) is 5.49. The molecule has 2 aromatic carbocycles. The highest BCUT2D eigenvalue weighted by molar-refractivity contribution is 6.28. The van der Waals surface area contributed by atoms with Crippen LogP contribution >= 0.6 is 0 Å². The first-order chi connectivity index (χ1) is 14.9. The van der Waals surface area contributed by atoms with Gasteiger partial charge >= 0.3 is 5.97 Å². The highest BCUT2D eigenvalue weighted by Crippen LogP contribution is 2.29. The van der Waals surface area contributed by atoms with E-state index in [0.29, 0.717) is 34.6 Å². The molecule has 0 saturated carbocycles. The van der Waals surface area contributed by atoms with Crippen LogP contribution in [0.4, 0.5) is 5.69 Å². The Morgan fingerprint density at radius 2 is 1.61 bits per heavy atom. The van der Waals surface area contributed by atoms with Crippen LogP contribution in [0.5, 0.6) is 0 Å². The van der Waals surface area contributed by atoms with Gasteiger partial charge in [-0.2, -0.15) is 0 Å². The molecular weight excluding hydrogens is 398 g/mol. The van der Waals surface area contributed by atoms with Crippen LogP contribution < -0.4 is 5.32 Å². The number of rotatable bonds is 6. The Hall–Kier alpha value is -4.00. The van der Waals surface area contributed by atoms with Crippen molar-refractivity contribution in [2.24, 2.45) is 0 Å². The van der Waals surface area contributed by atoms with E-state index in [-0.39, 0.29) is 23.6 Å². The molecule has 7 heteroatoms. The first-order valence-electron chi connectivity index (χ1n) is 9.79. The van der Waals surface area contributed by atoms with Crippen molar-refractivity contribution in [3.8, 4) is 0 Å². The fraction of sp³-hybridized carbons (Fsp3) is 0.167. The molecule has 1 N–H and O–H groups in total. The minimum absolute atomic E-state index is 0.0833. The first-order valence-corrected chi connectivity index (χ1v) is 9.79. The fourth-order valence-corrected chi connectivity index (χ4v) is 3.41. The Morgan fingerprint density at radius 1 is 0.935 bits per heavy atom. The molecule has 7 nitrogen and oxygen atoms in total. The number of ketones is 2. The van der Waals surface area contributed by atoms with Crippen molar-refractivity contribution in [2.75, 3.05) is 5.32 Å². The van der Waals surface area contributed by atoms with Gasteiger partial charge in [-0.1, -0.05) is 24.3 Å². The van der Waals surface area contributed by atoms with Crippen LogP contribution in [0.2, 0.25) is 0 Å². The Balaban J connectivity index is 1.41. The highest BCUT2D eigenvalue weighted by atomic mass is 16.5. The number of esters is 1. The van der Waals surface area contributed by atoms with E-state index in [1.54, 1.807) is 42.5 Å². The van der Waals surface area contributed by atoms with Crippen molar-refractivity contribution < 1.29 is 28.3 Å². The molecule has 1 amide bonds. The van der Waals surface area contributed by atoms with Gasteiger partial charge in [0.05, 0.1) is 12.7 Å². The Labute approximate surface area is 178 Å². The maximum atomic E-state index is 12.8. The van der Waals surface area contributed by atoms with E-state index >= 15 is 0 Å². The first kappa shape index (κ1) is 20.3. The van der Waals surface area contributed by atoms with Gasteiger partial charge in [0.25, 0.3) is 5.91 Å². The summed E-state index contributed by atoms with van der Waals surface area (Å²) in [7, 11) is 0. The minimum Gasteiger partial charge on any atom is -0.469 e. The molecule has 0 fully saturated rings. The smallest absolute Gasteiger partial charge is 0.307 e. The van der Waals surface area contributed by atoms with Crippen molar-refractivity contribution in [3.05, 3.63) is 88.9 Å². The van der Waals surface area contributed by atoms with Gasteiger partial charge in [0.1, 0.15) is 5.76 Å². The average Bonchev–Trinajstić information content (AvgIpc) is 3.30. The van der Waals surface area contributed by atoms with Gasteiger partial charge in [-0.3, -0.25) is 19.2 Å². The number of furan rings is 1. The summed E-state index contributed by atoms with van der Waals surface area (Å²) in [6, 6.07) is 14.6. The molecule has 1 aliphatic carbocycles. The van der Waals surface area contributed by atoms with Crippen molar-refractivity contribution in [1.82, 2.24) is 0 Å². The number of aryl methyl sites for hydroxylation is 1. The van der Waals surface area contributed by atoms with E-state index in [0.717, 1.165) is 0 Å². The van der Waals surface area contributed by atoms with E-state index in [1.165, 1.54) is 25.3 Å². The second kappa shape index (κ2) is 8.39. The third kappa shape index (κ3) is 4.16. The normalized spacial score (nSPS) is 13.2. The lowest BCUT2D eigenvalue weighted by Gasteiger charge is -2.19. The van der Waals surface area contributed by atoms with Crippen LogP contribution in [0, 0.1) is 0 Å². The average molecular weight is 417 g/mol. The number of fused-ring (bicyclic) bond motifs is 2. The molecule has 0 radical (unpaired) electrons. The number of amides is 1. The van der Waals surface area contributed by atoms with Crippen LogP contribution in [0.3, 0.4) is 0 Å². The number of nitrogens with one attached hydrogen (secondary N) is 1. The molecule has 156 valence electrons. The lowest BCUT2D eigenvalue weighted by atomic mass is 9.84. The summed E-state index contributed by atoms with van der Waals surface area (Å²) in [4.78, 5) is 49.9. The van der Waals surface area contributed by atoms with Gasteiger partial charge in [0, 0.05) is 34.4 Å². The predicted octanol–water partition coefficient (Wildman–Crippen LogP) is 3.56. The number of carbonyl (C=O) groups excluding carboxylic acids is 4. The van der Waals surface area contributed by atoms with Gasteiger partial charge in [-0.15, -0.1) is 0 Å². The molecule has 1 heterocycles. The molecule has 0 aliphatic heterocycles. The zero-order chi connectivity index (χ0) is 22.0. The van der Waals surface area contributed by atoms with E-state index in [4.69, 9.17) is 9.15 Å². The van der Waals surface area contributed by atoms with Crippen molar-refractivity contribution in [1.29, 1.82) is 0 Å². The van der Waals surface area contributed by atoms with E-state index in [1.807, 2.05) is 0 Å². The third-order valence-electron chi connectivity index (χ3n) is 5.03. The number of ether oxygens (including phenoxy) is 1. The molecule has 0 unspecified atom stereocenters. The second-order valence-electron chi connectivity index (χ2n) is 7.16. The largest absolute Gasteiger partial charge is 0.469 e. The molecule has 0 bridgehead atoms. The zero-order valence-corrected chi connectivity index (χ0v) is 16.7. The molecule has 4 rings (SSSR count). The number of hydrogen-bond acceptors (Lipinski definition) is 6. The molecule has 0 saturated heterocycles. The fourth-order valence-electron chi connectivity index (χ4n) is 3.41. The van der Waals surface area contributed by atoms with Gasteiger partial charge in [-0.05, 0) is 37.3 Å². The third-order valence-corrected chi connectivity index (χ3v) is 5.03. The number of anilines is 1. The van der Waals surface area contributed by atoms with Crippen molar-refractivity contribution in [3.63, 3.8) is 0 Å². The SMILES string of the molecule is C[C@@H](OC(=O)CCc1ccco1)C(=O)Nc1ccc2c(c1)C(=O)c1ccccc1C2=O. The molecular formula is C24H19NO6. The number of benzene rings is 2. The van der Waals surface area contributed by atoms with Crippen LogP contribution in [0.1, 0.15) is 50.9 Å². The van der Waals surface area contributed by atoms with E-state index in [2.05, 4.69) is 5.32 Å². The predicted molar refractivity (Wildman–Crippen MR) is 111 cm³/mol. The van der Waals surface area contributed by atoms with Crippen LogP contribution in [-0.4, -0.2) is 29.5 Å². The molecule has 1 aromatic heterocycles. The number of hydrogen-bond donors (Lipinski definition) is 1. The summed E-state index contributed by atoms with van der Waals surface area (Å²) in [5, 5.41) is 2.63. The van der Waals surface area contributed by atoms with Crippen molar-refractivity contribution in [2.45, 2.75) is 25.9 Å². The van der Waals surface area contributed by atoms with Gasteiger partial charge in [0.15, 0.2) is 17.7 Å². The molecule has 1 aliphatic rings. The summed E-state index contributed by atoms with van der Waals surface area (Å²) in [6.45, 7) is 1.46. The van der Waals surface area contributed by atoms with Gasteiger partial charge < -0.3 is 14.5 Å². The van der Waals surface area contributed by atoms with E-state index < -0.39 is 18.0 Å². The zero-order valence-electron chi connectivity index (χ0n) is 16.7. The summed E-state index contributed by atoms with van der Waals surface area (Å²) in [6.07, 6.45) is 0.952. The molecule has 3 aromatic rings. The summed E-state index contributed by atoms with van der Waals surface area (Å²) < 4.78 is 10.3. The Bertz CT molecular complexity index is 1180. The lowest BCUT2D eigenvalue weighted by Crippen LogP contribution is -2.30. The second-order valence-corrected chi connectivity index (χ2v) is 7.16. The minimum atomic E-state index is -1.03. The quantitative estimate of drug-likeness (QED) is 0.481. The van der Waals surface area contributed by atoms with Gasteiger partial charge in [-0.25, -0.2) is 0 Å². The lowest BCUT2D eigenvalue weighted by molar-refractivity contribution is -0.153. The van der Waals surface area contributed by atoms with Crippen LogP contribution in [0.25, 0.3) is 0 Å². The molecule has 0 spiro atoms. The van der Waals surface area contributed by atoms with Crippen LogP contribution in [-0.2, 0) is 20.7 Å². The highest BCUT2D eigenvalue weighted by Gasteiger charge is 2.29. The standard InChI is InChI=1S/C24H19NO6/c1-14(31-21(26)11-9-16-5-4-12-30-16)24(29)25-15-8-10-19-20(13-15)23(28)18-7-3-2-6-17(18)22(19)27/h2-8,10,12-14H,9,11H2,1H3,(H,25,29)/t14-/m1/s1. The summed E-state index contributed by atoms with van der Waals surface area (Å²) in [5.74, 6) is -0.923. The molecule has 1 atom stereocenters. The maximum Gasteiger partial charge on any atom is 0.307 e. The summed E-state index contributed by atoms with van der Waals surface area (Å²) >= 11 is 0. The van der Waals surface area contributed by atoms with Crippen LogP contribution in [0.15, 0.2) is 65.3 Å². The Morgan fingerprint density at radius 3 is 2.29 bits per heavy atom. The van der Waals surface area contributed by atoms with Crippen molar-refractivity contribution >= 4 is 29.1 Å². The maximum absolute atomic E-state index is 12.8. The van der Waals surface area contributed by atoms with E-state index in [9.17, 15) is 19.2 Å². The monoisotopic (exact) mass is 417 g/mol. The molecule has 31 heavy (non-hydrogen) atoms. The topological polar surface area (TPSA) is 103 Å². The van der Waals surface area contributed by atoms with Gasteiger partial charge in [0.2, 0.25) is 0 Å². The summed E-state index contributed by atoms with van der Waals surface area (Å²) in [5.41, 5.74) is 1.56. The number of carbonyl (C=O) groups is 4.